The minimum atomic E-state index is 0.00214. The van der Waals surface area contributed by atoms with E-state index in [2.05, 4.69) is 42.4 Å². The van der Waals surface area contributed by atoms with E-state index in [9.17, 15) is 31.6 Å². The van der Waals surface area contributed by atoms with E-state index in [1.807, 2.05) is 66.6 Å². The minimum Gasteiger partial charge on any atom is -0.387 e. The molecule has 0 heterocycles. The molecule has 12 heteroatoms. The first-order valence-electron chi connectivity index (χ1n) is 16.6. The van der Waals surface area contributed by atoms with Crippen molar-refractivity contribution in [2.24, 2.45) is 0 Å². The lowest BCUT2D eigenvalue weighted by atomic mass is 9.84. The summed E-state index contributed by atoms with van der Waals surface area (Å²) in [6.07, 6.45) is 5.98. The zero-order valence-corrected chi connectivity index (χ0v) is 29.5. The van der Waals surface area contributed by atoms with Crippen LogP contribution in [0.25, 0.3) is 0 Å². The SMILES string of the molecule is CN(C)CCN(C)C1CC(NCCCCCCNC2=C(C#N)C(=C(C#N)C#N)CC(N(C)CCN(C)C)C2)=C(C#N)C(=C(C#N)C#N)C1. The van der Waals surface area contributed by atoms with Crippen LogP contribution in [0.2, 0.25) is 0 Å². The van der Waals surface area contributed by atoms with Crippen LogP contribution < -0.4 is 10.6 Å². The van der Waals surface area contributed by atoms with Gasteiger partial charge in [0.25, 0.3) is 0 Å². The van der Waals surface area contributed by atoms with Gasteiger partial charge in [-0.3, -0.25) is 0 Å². The predicted molar refractivity (Wildman–Crippen MR) is 185 cm³/mol. The van der Waals surface area contributed by atoms with Gasteiger partial charge in [-0.05, 0) is 68.0 Å². The lowest BCUT2D eigenvalue weighted by Gasteiger charge is -2.34. The molecule has 2 atom stereocenters. The molecule has 0 aromatic heterocycles. The highest BCUT2D eigenvalue weighted by Gasteiger charge is 2.31. The van der Waals surface area contributed by atoms with Crippen molar-refractivity contribution in [3.8, 4) is 36.4 Å². The van der Waals surface area contributed by atoms with E-state index in [0.29, 0.717) is 61.1 Å². The molecule has 254 valence electrons. The topological polar surface area (TPSA) is 180 Å². The average Bonchev–Trinajstić information content (AvgIpc) is 3.07. The molecular weight excluding hydrogens is 600 g/mol. The zero-order valence-electron chi connectivity index (χ0n) is 29.5. The predicted octanol–water partition coefficient (Wildman–Crippen LogP) is 3.28. The average molecular weight is 651 g/mol. The third-order valence-electron chi connectivity index (χ3n) is 9.07. The van der Waals surface area contributed by atoms with Gasteiger partial charge in [-0.15, -0.1) is 0 Å². The van der Waals surface area contributed by atoms with Crippen molar-refractivity contribution in [2.45, 2.75) is 63.5 Å². The molecule has 2 aliphatic rings. The van der Waals surface area contributed by atoms with Crippen LogP contribution in [0, 0.1) is 68.0 Å². The van der Waals surface area contributed by atoms with Crippen molar-refractivity contribution in [3.63, 3.8) is 0 Å². The molecule has 2 unspecified atom stereocenters. The Bertz CT molecular complexity index is 1360. The van der Waals surface area contributed by atoms with Crippen molar-refractivity contribution in [1.29, 1.82) is 31.6 Å². The molecular formula is C36H50N12. The second-order valence-electron chi connectivity index (χ2n) is 13.0. The van der Waals surface area contributed by atoms with Crippen molar-refractivity contribution in [3.05, 3.63) is 44.8 Å². The Balaban J connectivity index is 2.01. The van der Waals surface area contributed by atoms with Gasteiger partial charge < -0.3 is 30.2 Å². The van der Waals surface area contributed by atoms with Gasteiger partial charge in [0.15, 0.2) is 0 Å². The van der Waals surface area contributed by atoms with Gasteiger partial charge >= 0.3 is 0 Å². The minimum absolute atomic E-state index is 0.00214. The van der Waals surface area contributed by atoms with Crippen LogP contribution in [0.15, 0.2) is 44.8 Å². The van der Waals surface area contributed by atoms with Crippen LogP contribution in [0.4, 0.5) is 0 Å². The molecule has 0 spiro atoms. The summed E-state index contributed by atoms with van der Waals surface area (Å²) in [6, 6.07) is 12.6. The second kappa shape index (κ2) is 20.5. The van der Waals surface area contributed by atoms with Crippen LogP contribution in [0.1, 0.15) is 51.4 Å². The van der Waals surface area contributed by atoms with E-state index in [1.54, 1.807) is 0 Å². The molecule has 0 aromatic carbocycles. The Hall–Kier alpha value is -4.66. The van der Waals surface area contributed by atoms with Crippen LogP contribution in [-0.4, -0.2) is 113 Å². The normalized spacial score (nSPS) is 17.8. The number of hydrogen-bond acceptors (Lipinski definition) is 12. The maximum absolute atomic E-state index is 10.00. The number of allylic oxidation sites excluding steroid dienone is 4. The number of nitrogens with zero attached hydrogens (tertiary/aromatic N) is 10. The lowest BCUT2D eigenvalue weighted by molar-refractivity contribution is 0.209. The summed E-state index contributed by atoms with van der Waals surface area (Å²) < 4.78 is 0. The quantitative estimate of drug-likeness (QED) is 0.174. The number of rotatable bonds is 17. The van der Waals surface area contributed by atoms with Crippen LogP contribution in [0.3, 0.4) is 0 Å². The summed E-state index contributed by atoms with van der Waals surface area (Å²) in [5, 5.41) is 65.3. The fourth-order valence-corrected chi connectivity index (χ4v) is 6.01. The molecule has 0 saturated heterocycles. The van der Waals surface area contributed by atoms with E-state index in [0.717, 1.165) is 63.3 Å². The van der Waals surface area contributed by atoms with Gasteiger partial charge in [0, 0.05) is 86.7 Å². The molecule has 2 rings (SSSR count). The molecule has 12 nitrogen and oxygen atoms in total. The Labute approximate surface area is 287 Å². The van der Waals surface area contributed by atoms with Crippen LogP contribution >= 0.6 is 0 Å². The summed E-state index contributed by atoms with van der Waals surface area (Å²) >= 11 is 0. The molecule has 0 aromatic rings. The van der Waals surface area contributed by atoms with Crippen LogP contribution in [0.5, 0.6) is 0 Å². The summed E-state index contributed by atoms with van der Waals surface area (Å²) in [5.74, 6) is 0. The number of likely N-dealkylation sites (N-methyl/N-ethyl adjacent to an activating group) is 4. The van der Waals surface area contributed by atoms with E-state index >= 15 is 0 Å². The molecule has 0 aliphatic heterocycles. The van der Waals surface area contributed by atoms with Crippen LogP contribution in [-0.2, 0) is 0 Å². The van der Waals surface area contributed by atoms with E-state index in [-0.39, 0.29) is 23.2 Å². The second-order valence-corrected chi connectivity index (χ2v) is 13.0. The van der Waals surface area contributed by atoms with Gasteiger partial charge in [0.05, 0.1) is 11.1 Å². The fraction of sp³-hybridized carbons (Fsp3) is 0.611. The van der Waals surface area contributed by atoms with Gasteiger partial charge in [-0.25, -0.2) is 0 Å². The molecule has 2 N–H and O–H groups in total. The smallest absolute Gasteiger partial charge is 0.134 e. The zero-order chi connectivity index (χ0) is 35.6. The first-order valence-corrected chi connectivity index (χ1v) is 16.6. The Morgan fingerprint density at radius 3 is 1.19 bits per heavy atom. The molecule has 48 heavy (non-hydrogen) atoms. The molecule has 0 radical (unpaired) electrons. The van der Waals surface area contributed by atoms with Crippen molar-refractivity contribution < 1.29 is 0 Å². The number of hydrogen-bond donors (Lipinski definition) is 2. The van der Waals surface area contributed by atoms with Gasteiger partial charge in [0.2, 0.25) is 0 Å². The Kier molecular flexibility index (Phi) is 16.9. The maximum atomic E-state index is 10.00. The number of unbranched alkanes of at least 4 members (excludes halogenated alkanes) is 3. The lowest BCUT2D eigenvalue weighted by Crippen LogP contribution is -2.40. The van der Waals surface area contributed by atoms with E-state index in [4.69, 9.17) is 0 Å². The first kappa shape index (κ1) is 39.5. The highest BCUT2D eigenvalue weighted by atomic mass is 15.2. The maximum Gasteiger partial charge on any atom is 0.134 e. The highest BCUT2D eigenvalue weighted by Crippen LogP contribution is 2.34. The third-order valence-corrected chi connectivity index (χ3v) is 9.07. The Morgan fingerprint density at radius 2 is 0.896 bits per heavy atom. The molecule has 0 amide bonds. The summed E-state index contributed by atoms with van der Waals surface area (Å²) in [5.41, 5.74) is 3.47. The Morgan fingerprint density at radius 1 is 0.542 bits per heavy atom. The monoisotopic (exact) mass is 650 g/mol. The molecule has 0 fully saturated rings. The highest BCUT2D eigenvalue weighted by molar-refractivity contribution is 5.58. The molecule has 2 aliphatic carbocycles. The van der Waals surface area contributed by atoms with Gasteiger partial charge in [-0.2, -0.15) is 31.6 Å². The van der Waals surface area contributed by atoms with Gasteiger partial charge in [-0.1, -0.05) is 12.8 Å². The fourth-order valence-electron chi connectivity index (χ4n) is 6.01. The van der Waals surface area contributed by atoms with Crippen molar-refractivity contribution >= 4 is 0 Å². The van der Waals surface area contributed by atoms with Crippen molar-refractivity contribution in [1.82, 2.24) is 30.2 Å². The summed E-state index contributed by atoms with van der Waals surface area (Å²) in [6.45, 7) is 4.77. The molecule has 0 bridgehead atoms. The van der Waals surface area contributed by atoms with E-state index in [1.165, 1.54) is 0 Å². The molecule has 0 saturated carbocycles. The van der Waals surface area contributed by atoms with Gasteiger partial charge in [0.1, 0.15) is 47.6 Å². The summed E-state index contributed by atoms with van der Waals surface area (Å²) in [4.78, 5) is 8.70. The first-order chi connectivity index (χ1) is 23.0. The number of nitrogens with one attached hydrogen (secondary N) is 2. The number of nitriles is 6. The van der Waals surface area contributed by atoms with Crippen molar-refractivity contribution in [2.75, 3.05) is 81.6 Å². The third kappa shape index (κ3) is 11.5. The van der Waals surface area contributed by atoms with E-state index < -0.39 is 0 Å². The standard InChI is InChI=1S/C36H50N12/c1-45(2)13-15-47(5)29-17-31(27(21-37)22-38)33(25-41)35(19-29)43-11-9-7-8-10-12-44-36-20-30(48(6)16-14-46(3)4)18-32(34(36)26-42)28(23-39)24-40/h29-30,43-44H,7-20H2,1-6H3. The largest absolute Gasteiger partial charge is 0.387 e. The summed E-state index contributed by atoms with van der Waals surface area (Å²) in [7, 11) is 12.2.